The molecule has 5 heterocycles. The lowest BCUT2D eigenvalue weighted by Crippen LogP contribution is -2.68. The molecular weight excluding hydrogens is 766 g/mol. The van der Waals surface area contributed by atoms with E-state index in [-0.39, 0.29) is 0 Å². The minimum absolute atomic E-state index is 0.677. The molecule has 0 aromatic rings. The van der Waals surface area contributed by atoms with Gasteiger partial charge in [-0.15, -0.1) is 0 Å². The molecule has 5 saturated heterocycles. The van der Waals surface area contributed by atoms with Gasteiger partial charge < -0.3 is 114 Å². The molecule has 25 atom stereocenters. The first kappa shape index (κ1) is 45.7. The maximum Gasteiger partial charge on any atom is 0.217 e. The van der Waals surface area contributed by atoms with Crippen LogP contribution >= 0.6 is 0 Å². The molecule has 326 valence electrons. The number of carbonyl (C=O) groups is 1. The molecule has 14 N–H and O–H groups in total. The Kier molecular flexibility index (Phi) is 15.4. The molecule has 0 saturated carbocycles. The Hall–Kier alpha value is -1.41. The summed E-state index contributed by atoms with van der Waals surface area (Å²) in [7, 11) is 0. The van der Waals surface area contributed by atoms with Crippen molar-refractivity contribution in [1.29, 1.82) is 0 Å². The van der Waals surface area contributed by atoms with Gasteiger partial charge in [-0.1, -0.05) is 0 Å². The molecule has 0 aromatic carbocycles. The smallest absolute Gasteiger partial charge is 0.217 e. The zero-order chi connectivity index (χ0) is 41.5. The molecule has 0 bridgehead atoms. The third kappa shape index (κ3) is 9.47. The van der Waals surface area contributed by atoms with E-state index >= 15 is 0 Å². The predicted octanol–water partition coefficient (Wildman–Crippen LogP) is -8.70. The molecule has 0 spiro atoms. The van der Waals surface area contributed by atoms with Crippen LogP contribution in [0.3, 0.4) is 0 Å². The Balaban J connectivity index is 1.33. The van der Waals surface area contributed by atoms with Gasteiger partial charge >= 0.3 is 0 Å². The van der Waals surface area contributed by atoms with Crippen molar-refractivity contribution in [2.24, 2.45) is 0 Å². The van der Waals surface area contributed by atoms with Crippen molar-refractivity contribution in [3.05, 3.63) is 0 Å². The summed E-state index contributed by atoms with van der Waals surface area (Å²) in [6.45, 7) is 3.77. The first-order chi connectivity index (χ1) is 26.3. The van der Waals surface area contributed by atoms with Gasteiger partial charge in [-0.3, -0.25) is 4.79 Å². The van der Waals surface area contributed by atoms with Gasteiger partial charge in [-0.2, -0.15) is 0 Å². The number of hydrogen-bond acceptors (Lipinski definition) is 23. The summed E-state index contributed by atoms with van der Waals surface area (Å²) >= 11 is 0. The first-order valence-corrected chi connectivity index (χ1v) is 18.2. The number of carbonyl (C=O) groups excluding carboxylic acids is 1. The number of rotatable bonds is 11. The molecule has 5 fully saturated rings. The summed E-state index contributed by atoms with van der Waals surface area (Å²) in [5, 5.41) is 140. The highest BCUT2D eigenvalue weighted by atomic mass is 16.8. The minimum Gasteiger partial charge on any atom is -0.394 e. The number of amides is 1. The van der Waals surface area contributed by atoms with E-state index in [4.69, 9.17) is 42.6 Å². The second-order valence-electron chi connectivity index (χ2n) is 14.7. The van der Waals surface area contributed by atoms with Gasteiger partial charge in [-0.05, 0) is 20.8 Å². The van der Waals surface area contributed by atoms with E-state index in [1.165, 1.54) is 20.8 Å². The summed E-state index contributed by atoms with van der Waals surface area (Å²) in [4.78, 5) is 12.1. The lowest BCUT2D eigenvalue weighted by Gasteiger charge is -2.49. The highest BCUT2D eigenvalue weighted by Gasteiger charge is 2.55. The van der Waals surface area contributed by atoms with Crippen LogP contribution in [-0.2, 0) is 47.4 Å². The average Bonchev–Trinajstić information content (AvgIpc) is 3.15. The molecule has 5 rings (SSSR count). The fourth-order valence-electron chi connectivity index (χ4n) is 7.13. The van der Waals surface area contributed by atoms with Crippen LogP contribution < -0.4 is 5.32 Å². The van der Waals surface area contributed by atoms with Crippen molar-refractivity contribution in [1.82, 2.24) is 5.32 Å². The van der Waals surface area contributed by atoms with Crippen molar-refractivity contribution < 1.29 is 114 Å². The number of aliphatic hydroxyl groups is 13. The minimum atomic E-state index is -1.98. The number of hydrogen-bond donors (Lipinski definition) is 14. The number of nitrogens with one attached hydrogen (secondary N) is 1. The van der Waals surface area contributed by atoms with Gasteiger partial charge in [0, 0.05) is 6.92 Å². The Morgan fingerprint density at radius 2 is 1.00 bits per heavy atom. The molecule has 24 nitrogen and oxygen atoms in total. The maximum absolute atomic E-state index is 12.1. The van der Waals surface area contributed by atoms with E-state index < -0.39 is 173 Å². The number of aliphatic hydroxyl groups excluding tert-OH is 13. The lowest BCUT2D eigenvalue weighted by molar-refractivity contribution is -0.389. The van der Waals surface area contributed by atoms with E-state index in [0.717, 1.165) is 6.92 Å². The van der Waals surface area contributed by atoms with Crippen LogP contribution in [0.15, 0.2) is 0 Å². The van der Waals surface area contributed by atoms with Gasteiger partial charge in [0.15, 0.2) is 31.5 Å². The standard InChI is InChI=1S/C32H55NO23/c1-7-14(36)19(41)23(45)30(49-7)56-27-21(43)15(37)8(2)51-32(27)55-26-16(38)9(3)50-31(24(26)46)54-25-13(33-10(4)35)28(47)52-12(18(25)40)6-48-29-22(44)20(42)17(39)11(5-34)53-29/h7-9,11-32,34,36-47H,5-6H2,1-4H3,(H,33,35). The van der Waals surface area contributed by atoms with Crippen molar-refractivity contribution in [2.75, 3.05) is 13.2 Å². The topological polar surface area (TPSA) is 375 Å². The van der Waals surface area contributed by atoms with Gasteiger partial charge in [0.1, 0.15) is 104 Å². The van der Waals surface area contributed by atoms with Crippen LogP contribution in [0.1, 0.15) is 27.7 Å². The Bertz CT molecular complexity index is 1270. The lowest BCUT2D eigenvalue weighted by atomic mass is 9.95. The van der Waals surface area contributed by atoms with Gasteiger partial charge in [-0.25, -0.2) is 0 Å². The first-order valence-electron chi connectivity index (χ1n) is 18.2. The van der Waals surface area contributed by atoms with E-state index in [9.17, 15) is 71.2 Å². The van der Waals surface area contributed by atoms with Crippen molar-refractivity contribution in [3.8, 4) is 0 Å². The van der Waals surface area contributed by atoms with Crippen molar-refractivity contribution >= 4 is 5.91 Å². The molecule has 1 amide bonds. The summed E-state index contributed by atoms with van der Waals surface area (Å²) in [6, 6.07) is -1.53. The van der Waals surface area contributed by atoms with Crippen LogP contribution in [0.25, 0.3) is 0 Å². The SMILES string of the molecule is CC(=O)NC1C(O)OC(COC2OC(CO)C(O)C(O)C2O)C(O)C1OC1OC(C)C(O)C(OC2OC(C)C(O)C(O)C2OC2OC(C)C(O)C(O)C2O)C1O. The van der Waals surface area contributed by atoms with Gasteiger partial charge in [0.2, 0.25) is 5.91 Å². The summed E-state index contributed by atoms with van der Waals surface area (Å²) < 4.78 is 50.8. The molecule has 0 radical (unpaired) electrons. The van der Waals surface area contributed by atoms with Crippen LogP contribution in [0.5, 0.6) is 0 Å². The van der Waals surface area contributed by atoms with Gasteiger partial charge in [0.25, 0.3) is 0 Å². The second-order valence-corrected chi connectivity index (χ2v) is 14.7. The Labute approximate surface area is 319 Å². The molecule has 25 unspecified atom stereocenters. The molecule has 5 aliphatic rings. The van der Waals surface area contributed by atoms with Crippen LogP contribution in [0, 0.1) is 0 Å². The predicted molar refractivity (Wildman–Crippen MR) is 174 cm³/mol. The Morgan fingerprint density at radius 3 is 1.61 bits per heavy atom. The third-order valence-corrected chi connectivity index (χ3v) is 10.6. The Morgan fingerprint density at radius 1 is 0.500 bits per heavy atom. The highest BCUT2D eigenvalue weighted by molar-refractivity contribution is 5.73. The van der Waals surface area contributed by atoms with Crippen LogP contribution in [0.2, 0.25) is 0 Å². The molecule has 0 aliphatic carbocycles. The average molecular weight is 822 g/mol. The molecule has 0 aromatic heterocycles. The molecule has 56 heavy (non-hydrogen) atoms. The highest BCUT2D eigenvalue weighted by Crippen LogP contribution is 2.35. The van der Waals surface area contributed by atoms with E-state index in [0.29, 0.717) is 0 Å². The summed E-state index contributed by atoms with van der Waals surface area (Å²) in [6.07, 6.45) is -39.4. The van der Waals surface area contributed by atoms with E-state index in [1.807, 2.05) is 0 Å². The number of ether oxygens (including phenoxy) is 9. The van der Waals surface area contributed by atoms with E-state index in [2.05, 4.69) is 5.32 Å². The largest absolute Gasteiger partial charge is 0.394 e. The van der Waals surface area contributed by atoms with Crippen molar-refractivity contribution in [2.45, 2.75) is 181 Å². The zero-order valence-electron chi connectivity index (χ0n) is 30.7. The maximum atomic E-state index is 12.1. The molecular formula is C32H55NO23. The molecule has 5 aliphatic heterocycles. The quantitative estimate of drug-likeness (QED) is 0.0920. The second kappa shape index (κ2) is 18.9. The summed E-state index contributed by atoms with van der Waals surface area (Å²) in [5.41, 5.74) is 0. The molecule has 24 heteroatoms. The fraction of sp³-hybridized carbons (Fsp3) is 0.969. The summed E-state index contributed by atoms with van der Waals surface area (Å²) in [5.74, 6) is -0.705. The van der Waals surface area contributed by atoms with Crippen LogP contribution in [-0.4, -0.2) is 239 Å². The third-order valence-electron chi connectivity index (χ3n) is 10.6. The van der Waals surface area contributed by atoms with Crippen molar-refractivity contribution in [3.63, 3.8) is 0 Å². The normalized spacial score (nSPS) is 53.1. The fourth-order valence-corrected chi connectivity index (χ4v) is 7.13. The monoisotopic (exact) mass is 821 g/mol. The van der Waals surface area contributed by atoms with E-state index in [1.54, 1.807) is 0 Å². The van der Waals surface area contributed by atoms with Crippen LogP contribution in [0.4, 0.5) is 0 Å². The van der Waals surface area contributed by atoms with Gasteiger partial charge in [0.05, 0.1) is 31.5 Å². The zero-order valence-corrected chi connectivity index (χ0v) is 30.7.